The van der Waals surface area contributed by atoms with E-state index in [1.165, 1.54) is 6.20 Å². The predicted octanol–water partition coefficient (Wildman–Crippen LogP) is 1.47. The van der Waals surface area contributed by atoms with Gasteiger partial charge in [0.1, 0.15) is 6.61 Å². The number of hydrazine groups is 1. The molecule has 0 amide bonds. The number of nitrogens with one attached hydrogen (secondary N) is 1. The molecule has 1 unspecified atom stereocenters. The van der Waals surface area contributed by atoms with Gasteiger partial charge in [0.15, 0.2) is 0 Å². The Morgan fingerprint density at radius 2 is 2.18 bits per heavy atom. The number of hydrogen-bond donors (Lipinski definition) is 2. The van der Waals surface area contributed by atoms with Gasteiger partial charge in [-0.3, -0.25) is 16.3 Å². The number of hydrogen-bond acceptors (Lipinski definition) is 4. The van der Waals surface area contributed by atoms with Gasteiger partial charge in [-0.1, -0.05) is 6.07 Å². The van der Waals surface area contributed by atoms with E-state index in [9.17, 15) is 13.2 Å². The van der Waals surface area contributed by atoms with Crippen molar-refractivity contribution in [2.45, 2.75) is 19.1 Å². The second-order valence-corrected chi connectivity index (χ2v) is 3.65. The molecule has 0 saturated heterocycles. The van der Waals surface area contributed by atoms with Crippen molar-refractivity contribution in [2.75, 3.05) is 13.2 Å². The first-order chi connectivity index (χ1) is 7.92. The van der Waals surface area contributed by atoms with E-state index >= 15 is 0 Å². The number of nitrogens with two attached hydrogens (primary N) is 1. The summed E-state index contributed by atoms with van der Waals surface area (Å²) in [5, 5.41) is 0. The molecule has 0 radical (unpaired) electrons. The zero-order valence-corrected chi connectivity index (χ0v) is 9.29. The second kappa shape index (κ2) is 5.95. The third-order valence-corrected chi connectivity index (χ3v) is 2.05. The Hall–Kier alpha value is -1.18. The predicted molar refractivity (Wildman–Crippen MR) is 55.9 cm³/mol. The van der Waals surface area contributed by atoms with Crippen LogP contribution in [0.15, 0.2) is 18.5 Å². The molecule has 0 aliphatic heterocycles. The molecule has 0 aliphatic carbocycles. The monoisotopic (exact) mass is 249 g/mol. The van der Waals surface area contributed by atoms with Crippen LogP contribution in [-0.2, 0) is 4.74 Å². The van der Waals surface area contributed by atoms with Gasteiger partial charge < -0.3 is 4.74 Å². The lowest BCUT2D eigenvalue weighted by molar-refractivity contribution is -0.175. The summed E-state index contributed by atoms with van der Waals surface area (Å²) in [6.45, 7) is 0.381. The van der Waals surface area contributed by atoms with Gasteiger partial charge in [-0.05, 0) is 18.1 Å². The number of nitrogens with zero attached hydrogens (tertiary/aromatic N) is 1. The van der Waals surface area contributed by atoms with Crippen molar-refractivity contribution in [3.63, 3.8) is 0 Å². The molecule has 1 rings (SSSR count). The maximum Gasteiger partial charge on any atom is 0.411 e. The van der Waals surface area contributed by atoms with Crippen molar-refractivity contribution in [2.24, 2.45) is 5.84 Å². The molecule has 0 saturated carbocycles. The lowest BCUT2D eigenvalue weighted by atomic mass is 10.1. The standard InChI is InChI=1S/C10H14F3N3O/c1-7-2-8(4-15-3-7)9(16-14)5-17-6-10(11,12)13/h2-4,9,16H,5-6,14H2,1H3. The van der Waals surface area contributed by atoms with Gasteiger partial charge in [-0.2, -0.15) is 13.2 Å². The Morgan fingerprint density at radius 1 is 1.47 bits per heavy atom. The average Bonchev–Trinajstić information content (AvgIpc) is 2.23. The van der Waals surface area contributed by atoms with Crippen LogP contribution in [0.4, 0.5) is 13.2 Å². The smallest absolute Gasteiger partial charge is 0.370 e. The molecule has 4 nitrogen and oxygen atoms in total. The van der Waals surface area contributed by atoms with Crippen molar-refractivity contribution >= 4 is 0 Å². The molecule has 0 aromatic carbocycles. The maximum absolute atomic E-state index is 11.9. The zero-order valence-electron chi connectivity index (χ0n) is 9.29. The molecule has 1 atom stereocenters. The summed E-state index contributed by atoms with van der Waals surface area (Å²) in [6, 6.07) is 1.28. The summed E-state index contributed by atoms with van der Waals surface area (Å²) in [5.74, 6) is 5.27. The number of aromatic nitrogens is 1. The molecular formula is C10H14F3N3O. The van der Waals surface area contributed by atoms with E-state index in [1.54, 1.807) is 12.3 Å². The number of pyridine rings is 1. The highest BCUT2D eigenvalue weighted by Crippen LogP contribution is 2.17. The van der Waals surface area contributed by atoms with Crippen LogP contribution in [-0.4, -0.2) is 24.4 Å². The summed E-state index contributed by atoms with van der Waals surface area (Å²) >= 11 is 0. The van der Waals surface area contributed by atoms with Crippen LogP contribution in [0.5, 0.6) is 0 Å². The fourth-order valence-electron chi connectivity index (χ4n) is 1.30. The van der Waals surface area contributed by atoms with E-state index in [2.05, 4.69) is 15.1 Å². The summed E-state index contributed by atoms with van der Waals surface area (Å²) in [7, 11) is 0. The van der Waals surface area contributed by atoms with Crippen LogP contribution >= 0.6 is 0 Å². The van der Waals surface area contributed by atoms with E-state index in [-0.39, 0.29) is 6.61 Å². The Balaban J connectivity index is 2.54. The molecule has 3 N–H and O–H groups in total. The van der Waals surface area contributed by atoms with Crippen LogP contribution in [0.3, 0.4) is 0 Å². The van der Waals surface area contributed by atoms with Gasteiger partial charge in [0, 0.05) is 12.4 Å². The Labute approximate surface area is 96.9 Å². The molecule has 96 valence electrons. The van der Waals surface area contributed by atoms with Crippen molar-refractivity contribution in [3.05, 3.63) is 29.6 Å². The van der Waals surface area contributed by atoms with Gasteiger partial charge in [-0.25, -0.2) is 0 Å². The summed E-state index contributed by atoms with van der Waals surface area (Å²) in [6.07, 6.45) is -1.15. The normalized spacial score (nSPS) is 13.7. The molecule has 0 fully saturated rings. The Bertz CT molecular complexity index is 357. The van der Waals surface area contributed by atoms with Crippen molar-refractivity contribution in [1.29, 1.82) is 0 Å². The van der Waals surface area contributed by atoms with Crippen molar-refractivity contribution in [3.8, 4) is 0 Å². The minimum Gasteiger partial charge on any atom is -0.370 e. The highest BCUT2D eigenvalue weighted by Gasteiger charge is 2.28. The molecule has 1 heterocycles. The minimum atomic E-state index is -4.33. The largest absolute Gasteiger partial charge is 0.411 e. The molecule has 0 aliphatic rings. The van der Waals surface area contributed by atoms with Gasteiger partial charge in [0.05, 0.1) is 12.6 Å². The molecule has 1 aromatic heterocycles. The second-order valence-electron chi connectivity index (χ2n) is 3.65. The fraction of sp³-hybridized carbons (Fsp3) is 0.500. The van der Waals surface area contributed by atoms with Gasteiger partial charge in [-0.15, -0.1) is 0 Å². The first-order valence-electron chi connectivity index (χ1n) is 4.94. The first-order valence-corrected chi connectivity index (χ1v) is 4.94. The molecule has 1 aromatic rings. The Kier molecular flexibility index (Phi) is 4.86. The minimum absolute atomic E-state index is 0.166. The molecule has 0 bridgehead atoms. The van der Waals surface area contributed by atoms with Gasteiger partial charge in [0.25, 0.3) is 0 Å². The Morgan fingerprint density at radius 3 is 2.71 bits per heavy atom. The zero-order chi connectivity index (χ0) is 12.9. The quantitative estimate of drug-likeness (QED) is 0.613. The number of aryl methyl sites for hydroxylation is 1. The summed E-state index contributed by atoms with van der Waals surface area (Å²) < 4.78 is 40.2. The average molecular weight is 249 g/mol. The van der Waals surface area contributed by atoms with Gasteiger partial charge in [0.2, 0.25) is 0 Å². The van der Waals surface area contributed by atoms with Crippen LogP contribution in [0.1, 0.15) is 17.2 Å². The van der Waals surface area contributed by atoms with Gasteiger partial charge >= 0.3 is 6.18 Å². The highest BCUT2D eigenvalue weighted by molar-refractivity contribution is 5.20. The highest BCUT2D eigenvalue weighted by atomic mass is 19.4. The van der Waals surface area contributed by atoms with Crippen molar-refractivity contribution in [1.82, 2.24) is 10.4 Å². The number of halogens is 3. The molecule has 7 heteroatoms. The van der Waals surface area contributed by atoms with Crippen LogP contribution in [0.25, 0.3) is 0 Å². The number of rotatable bonds is 5. The van der Waals surface area contributed by atoms with E-state index < -0.39 is 18.8 Å². The lowest BCUT2D eigenvalue weighted by Gasteiger charge is -2.17. The maximum atomic E-state index is 11.9. The summed E-state index contributed by atoms with van der Waals surface area (Å²) in [4.78, 5) is 3.94. The van der Waals surface area contributed by atoms with Crippen LogP contribution in [0, 0.1) is 6.92 Å². The fourth-order valence-corrected chi connectivity index (χ4v) is 1.30. The SMILES string of the molecule is Cc1cncc(C(COCC(F)(F)F)NN)c1. The van der Waals surface area contributed by atoms with Crippen molar-refractivity contribution < 1.29 is 17.9 Å². The van der Waals surface area contributed by atoms with E-state index in [0.717, 1.165) is 5.56 Å². The first kappa shape index (κ1) is 13.9. The van der Waals surface area contributed by atoms with E-state index in [4.69, 9.17) is 5.84 Å². The topological polar surface area (TPSA) is 60.2 Å². The molecule has 0 spiro atoms. The van der Waals surface area contributed by atoms with E-state index in [1.807, 2.05) is 6.92 Å². The van der Waals surface area contributed by atoms with E-state index in [0.29, 0.717) is 5.56 Å². The van der Waals surface area contributed by atoms with Crippen LogP contribution in [0.2, 0.25) is 0 Å². The summed E-state index contributed by atoms with van der Waals surface area (Å²) in [5.41, 5.74) is 3.99. The number of alkyl halides is 3. The molecule has 17 heavy (non-hydrogen) atoms. The molecular weight excluding hydrogens is 235 g/mol. The van der Waals surface area contributed by atoms with Crippen LogP contribution < -0.4 is 11.3 Å². The third-order valence-electron chi connectivity index (χ3n) is 2.05. The lowest BCUT2D eigenvalue weighted by Crippen LogP contribution is -2.32. The third kappa shape index (κ3) is 5.12. The number of ether oxygens (including phenoxy) is 1.